The molecule has 0 bridgehead atoms. The van der Waals surface area contributed by atoms with Gasteiger partial charge in [-0.15, -0.1) is 0 Å². The third-order valence-corrected chi connectivity index (χ3v) is 5.69. The number of para-hydroxylation sites is 1. The number of hydrogen-bond donors (Lipinski definition) is 1. The Morgan fingerprint density at radius 3 is 2.50 bits per heavy atom. The van der Waals surface area contributed by atoms with Crippen LogP contribution >= 0.6 is 11.6 Å². The predicted octanol–water partition coefficient (Wildman–Crippen LogP) is 5.24. The molecule has 3 aromatic carbocycles. The van der Waals surface area contributed by atoms with E-state index in [1.807, 2.05) is 54.7 Å². The van der Waals surface area contributed by atoms with Crippen LogP contribution in [0.2, 0.25) is 5.02 Å². The molecule has 1 unspecified atom stereocenters. The average Bonchev–Trinajstić information content (AvgIpc) is 3.06. The number of aromatic nitrogens is 1. The van der Waals surface area contributed by atoms with Crippen LogP contribution in [0.15, 0.2) is 60.8 Å². The summed E-state index contributed by atoms with van der Waals surface area (Å²) in [5, 5.41) is 21.0. The van der Waals surface area contributed by atoms with Crippen molar-refractivity contribution < 1.29 is 0 Å². The molecular weight excluding hydrogens is 368 g/mol. The predicted molar refractivity (Wildman–Crippen MR) is 110 cm³/mol. The lowest BCUT2D eigenvalue weighted by molar-refractivity contribution is 0.699. The van der Waals surface area contributed by atoms with E-state index < -0.39 is 0 Å². The molecule has 5 rings (SSSR count). The van der Waals surface area contributed by atoms with Crippen LogP contribution in [-0.4, -0.2) is 4.57 Å². The van der Waals surface area contributed by atoms with E-state index in [9.17, 15) is 10.5 Å². The maximum absolute atomic E-state index is 9.89. The molecule has 0 spiro atoms. The number of anilines is 1. The number of nitrogens with two attached hydrogens (primary N) is 1. The van der Waals surface area contributed by atoms with Gasteiger partial charge in [0.25, 0.3) is 0 Å². The summed E-state index contributed by atoms with van der Waals surface area (Å²) in [5.74, 6) is 0. The van der Waals surface area contributed by atoms with Gasteiger partial charge < -0.3 is 10.3 Å². The third-order valence-electron chi connectivity index (χ3n) is 5.39. The van der Waals surface area contributed by atoms with Crippen LogP contribution in [0, 0.1) is 22.7 Å². The standard InChI is InChI=1S/C23H13ClN4/c24-19-12-28-22(13-5-2-1-3-6-13)17-9-14(10-25)21(27)18(11-26)20(17)16-8-4-7-15(19)23(16)28/h1-9,12,22H,27H2. The first-order valence-electron chi connectivity index (χ1n) is 8.76. The monoisotopic (exact) mass is 380 g/mol. The van der Waals surface area contributed by atoms with Gasteiger partial charge in [0.1, 0.15) is 12.1 Å². The van der Waals surface area contributed by atoms with Crippen LogP contribution < -0.4 is 5.73 Å². The minimum Gasteiger partial charge on any atom is -0.397 e. The molecule has 5 heteroatoms. The highest BCUT2D eigenvalue weighted by Crippen LogP contribution is 2.49. The van der Waals surface area contributed by atoms with Gasteiger partial charge in [0.05, 0.1) is 33.4 Å². The van der Waals surface area contributed by atoms with Crippen molar-refractivity contribution in [3.63, 3.8) is 0 Å². The summed E-state index contributed by atoms with van der Waals surface area (Å²) >= 11 is 6.55. The molecule has 1 aliphatic rings. The summed E-state index contributed by atoms with van der Waals surface area (Å²) in [6.07, 6.45) is 1.92. The van der Waals surface area contributed by atoms with Crippen molar-refractivity contribution in [1.82, 2.24) is 4.57 Å². The number of halogens is 1. The summed E-state index contributed by atoms with van der Waals surface area (Å²) in [6.45, 7) is 0. The van der Waals surface area contributed by atoms with Crippen molar-refractivity contribution in [3.8, 4) is 23.3 Å². The molecule has 2 heterocycles. The van der Waals surface area contributed by atoms with Crippen molar-refractivity contribution in [2.24, 2.45) is 0 Å². The van der Waals surface area contributed by atoms with Gasteiger partial charge in [-0.2, -0.15) is 10.5 Å². The van der Waals surface area contributed by atoms with E-state index in [1.165, 1.54) is 0 Å². The van der Waals surface area contributed by atoms with Gasteiger partial charge in [0, 0.05) is 22.7 Å². The minimum absolute atomic E-state index is 0.208. The van der Waals surface area contributed by atoms with Crippen molar-refractivity contribution in [2.45, 2.75) is 6.04 Å². The number of nitriles is 2. The fraction of sp³-hybridized carbons (Fsp3) is 0.0435. The maximum atomic E-state index is 9.89. The van der Waals surface area contributed by atoms with E-state index in [-0.39, 0.29) is 11.7 Å². The molecule has 0 saturated carbocycles. The Kier molecular flexibility index (Phi) is 3.46. The Morgan fingerprint density at radius 1 is 1.00 bits per heavy atom. The first-order valence-corrected chi connectivity index (χ1v) is 9.14. The number of fused-ring (bicyclic) bond motifs is 2. The average molecular weight is 381 g/mol. The second-order valence-corrected chi connectivity index (χ2v) is 7.21. The molecule has 1 aromatic heterocycles. The van der Waals surface area contributed by atoms with Crippen LogP contribution in [0.4, 0.5) is 5.69 Å². The second kappa shape index (κ2) is 5.89. The van der Waals surface area contributed by atoms with Gasteiger partial charge in [-0.1, -0.05) is 60.1 Å². The fourth-order valence-electron chi connectivity index (χ4n) is 4.23. The molecule has 4 nitrogen and oxygen atoms in total. The first-order chi connectivity index (χ1) is 13.7. The number of hydrogen-bond acceptors (Lipinski definition) is 3. The molecule has 2 N–H and O–H groups in total. The molecule has 4 aromatic rings. The van der Waals surface area contributed by atoms with E-state index in [0.717, 1.165) is 33.2 Å². The molecule has 0 saturated heterocycles. The molecule has 0 radical (unpaired) electrons. The lowest BCUT2D eigenvalue weighted by Gasteiger charge is -2.30. The molecule has 0 fully saturated rings. The normalized spacial score (nSPS) is 14.3. The van der Waals surface area contributed by atoms with Crippen molar-refractivity contribution >= 4 is 28.2 Å². The van der Waals surface area contributed by atoms with Gasteiger partial charge in [-0.25, -0.2) is 0 Å². The smallest absolute Gasteiger partial charge is 0.102 e. The van der Waals surface area contributed by atoms with Gasteiger partial charge in [-0.3, -0.25) is 0 Å². The van der Waals surface area contributed by atoms with Gasteiger partial charge in [0.2, 0.25) is 0 Å². The Morgan fingerprint density at radius 2 is 1.79 bits per heavy atom. The van der Waals surface area contributed by atoms with Crippen LogP contribution in [0.1, 0.15) is 28.3 Å². The molecule has 0 amide bonds. The zero-order chi connectivity index (χ0) is 19.4. The third kappa shape index (κ3) is 2.04. The lowest BCUT2D eigenvalue weighted by Crippen LogP contribution is -2.18. The van der Waals surface area contributed by atoms with Crippen molar-refractivity contribution in [3.05, 3.63) is 88.1 Å². The van der Waals surface area contributed by atoms with Crippen LogP contribution in [0.5, 0.6) is 0 Å². The first kappa shape index (κ1) is 16.4. The summed E-state index contributed by atoms with van der Waals surface area (Å²) in [6, 6.07) is 21.8. The van der Waals surface area contributed by atoms with Crippen LogP contribution in [0.3, 0.4) is 0 Å². The minimum atomic E-state index is -0.208. The van der Waals surface area contributed by atoms with E-state index in [0.29, 0.717) is 16.1 Å². The number of rotatable bonds is 1. The summed E-state index contributed by atoms with van der Waals surface area (Å²) < 4.78 is 2.13. The van der Waals surface area contributed by atoms with Gasteiger partial charge >= 0.3 is 0 Å². The highest BCUT2D eigenvalue weighted by Gasteiger charge is 2.32. The molecule has 132 valence electrons. The Bertz CT molecular complexity index is 1350. The summed E-state index contributed by atoms with van der Waals surface area (Å²) in [7, 11) is 0. The Labute approximate surface area is 166 Å². The van der Waals surface area contributed by atoms with E-state index >= 15 is 0 Å². The zero-order valence-electron chi connectivity index (χ0n) is 14.6. The highest BCUT2D eigenvalue weighted by molar-refractivity contribution is 6.36. The Balaban J connectivity index is 2.01. The topological polar surface area (TPSA) is 78.5 Å². The highest BCUT2D eigenvalue weighted by atomic mass is 35.5. The molecule has 1 atom stereocenters. The molecule has 1 aliphatic heterocycles. The summed E-state index contributed by atoms with van der Waals surface area (Å²) in [4.78, 5) is 0. The van der Waals surface area contributed by atoms with Crippen molar-refractivity contribution in [2.75, 3.05) is 5.73 Å². The van der Waals surface area contributed by atoms with Gasteiger partial charge in [0.15, 0.2) is 0 Å². The maximum Gasteiger partial charge on any atom is 0.102 e. The van der Waals surface area contributed by atoms with Gasteiger partial charge in [-0.05, 0) is 17.2 Å². The number of nitrogens with zero attached hydrogens (tertiary/aromatic N) is 3. The number of nitrogen functional groups attached to an aromatic ring is 1. The van der Waals surface area contributed by atoms with E-state index in [2.05, 4.69) is 16.7 Å². The fourth-order valence-corrected chi connectivity index (χ4v) is 4.49. The lowest BCUT2D eigenvalue weighted by atomic mass is 9.82. The van der Waals surface area contributed by atoms with E-state index in [1.54, 1.807) is 6.07 Å². The quantitative estimate of drug-likeness (QED) is 0.404. The molecular formula is C23H13ClN4. The zero-order valence-corrected chi connectivity index (χ0v) is 15.4. The van der Waals surface area contributed by atoms with Crippen LogP contribution in [0.25, 0.3) is 22.0 Å². The number of benzene rings is 3. The SMILES string of the molecule is N#Cc1cc2c(c(C#N)c1N)-c1cccc3c(Cl)cn(c13)C2c1ccccc1. The van der Waals surface area contributed by atoms with E-state index in [4.69, 9.17) is 17.3 Å². The summed E-state index contributed by atoms with van der Waals surface area (Å²) in [5.41, 5.74) is 11.6. The Hall–Kier alpha value is -3.73. The largest absolute Gasteiger partial charge is 0.397 e. The molecule has 0 aliphatic carbocycles. The second-order valence-electron chi connectivity index (χ2n) is 6.80. The van der Waals surface area contributed by atoms with Crippen LogP contribution in [-0.2, 0) is 0 Å². The molecule has 28 heavy (non-hydrogen) atoms. The van der Waals surface area contributed by atoms with Crippen molar-refractivity contribution in [1.29, 1.82) is 10.5 Å².